The van der Waals surface area contributed by atoms with Crippen molar-refractivity contribution in [2.24, 2.45) is 7.05 Å². The molecule has 2 atom stereocenters. The van der Waals surface area contributed by atoms with E-state index in [1.165, 1.54) is 19.3 Å². The summed E-state index contributed by atoms with van der Waals surface area (Å²) in [6.07, 6.45) is -3.42. The second kappa shape index (κ2) is 9.95. The molecular formula is C23H33F3N6O4S. The van der Waals surface area contributed by atoms with Gasteiger partial charge in [0.25, 0.3) is 10.0 Å². The number of hydrogen-bond acceptors (Lipinski definition) is 8. The van der Waals surface area contributed by atoms with E-state index in [0.29, 0.717) is 25.4 Å². The third-order valence-corrected chi connectivity index (χ3v) is 8.22. The quantitative estimate of drug-likeness (QED) is 0.565. The van der Waals surface area contributed by atoms with Crippen molar-refractivity contribution in [3.8, 4) is 5.88 Å². The van der Waals surface area contributed by atoms with Gasteiger partial charge in [-0.1, -0.05) is 0 Å². The maximum Gasteiger partial charge on any atom is 0.410 e. The number of sulfonamides is 1. The van der Waals surface area contributed by atoms with Gasteiger partial charge >= 0.3 is 6.18 Å². The first kappa shape index (κ1) is 27.5. The fourth-order valence-corrected chi connectivity index (χ4v) is 6.08. The van der Waals surface area contributed by atoms with Crippen LogP contribution in [0.5, 0.6) is 5.88 Å². The topological polar surface area (TPSA) is 93.0 Å². The largest absolute Gasteiger partial charge is 0.472 e. The molecule has 2 fully saturated rings. The van der Waals surface area contributed by atoms with Crippen LogP contribution in [0.15, 0.2) is 29.4 Å². The predicted octanol–water partition coefficient (Wildman–Crippen LogP) is 2.66. The summed E-state index contributed by atoms with van der Waals surface area (Å²) >= 11 is 0. The maximum atomic E-state index is 14.4. The fourth-order valence-electron chi connectivity index (χ4n) is 4.55. The van der Waals surface area contributed by atoms with Crippen LogP contribution in [0.2, 0.25) is 0 Å². The summed E-state index contributed by atoms with van der Waals surface area (Å²) in [5.41, 5.74) is 0.0460. The smallest absolute Gasteiger partial charge is 0.410 e. The van der Waals surface area contributed by atoms with E-state index in [9.17, 15) is 21.6 Å². The van der Waals surface area contributed by atoms with Crippen LogP contribution in [-0.2, 0) is 21.8 Å². The lowest BCUT2D eigenvalue weighted by Crippen LogP contribution is -2.60. The number of aromatic nitrogens is 3. The van der Waals surface area contributed by atoms with Gasteiger partial charge in [0, 0.05) is 57.1 Å². The number of rotatable bonds is 5. The Hall–Kier alpha value is -2.58. The van der Waals surface area contributed by atoms with Gasteiger partial charge in [-0.25, -0.2) is 8.42 Å². The minimum absolute atomic E-state index is 0.00536. The van der Waals surface area contributed by atoms with E-state index in [2.05, 4.69) is 15.0 Å². The molecule has 206 valence electrons. The van der Waals surface area contributed by atoms with E-state index in [1.54, 1.807) is 12.1 Å². The van der Waals surface area contributed by atoms with Crippen molar-refractivity contribution in [1.29, 1.82) is 0 Å². The van der Waals surface area contributed by atoms with Crippen molar-refractivity contribution in [2.45, 2.75) is 56.6 Å². The lowest BCUT2D eigenvalue weighted by Gasteiger charge is -2.42. The number of pyridine rings is 1. The molecule has 0 aliphatic carbocycles. The Bertz CT molecular complexity index is 1210. The van der Waals surface area contributed by atoms with Crippen LogP contribution in [-0.4, -0.2) is 90.7 Å². The van der Waals surface area contributed by atoms with Crippen molar-refractivity contribution >= 4 is 21.5 Å². The summed E-state index contributed by atoms with van der Waals surface area (Å²) < 4.78 is 82.9. The van der Waals surface area contributed by atoms with Crippen LogP contribution in [0.4, 0.5) is 24.7 Å². The summed E-state index contributed by atoms with van der Waals surface area (Å²) in [6.45, 7) is 7.91. The second-order valence-electron chi connectivity index (χ2n) is 10.3. The van der Waals surface area contributed by atoms with Crippen LogP contribution in [0.1, 0.15) is 27.7 Å². The van der Waals surface area contributed by atoms with Gasteiger partial charge < -0.3 is 19.3 Å². The highest BCUT2D eigenvalue weighted by Gasteiger charge is 2.49. The molecule has 4 heterocycles. The molecule has 0 spiro atoms. The van der Waals surface area contributed by atoms with Crippen LogP contribution >= 0.6 is 0 Å². The van der Waals surface area contributed by atoms with E-state index < -0.39 is 34.4 Å². The van der Waals surface area contributed by atoms with Gasteiger partial charge in [-0.3, -0.25) is 4.68 Å². The Morgan fingerprint density at radius 2 is 1.84 bits per heavy atom. The van der Waals surface area contributed by atoms with E-state index in [-0.39, 0.29) is 35.9 Å². The number of ether oxygens (including phenoxy) is 2. The average Bonchev–Trinajstić information content (AvgIpc) is 3.24. The molecule has 0 saturated carbocycles. The molecule has 10 nitrogen and oxygen atoms in total. The van der Waals surface area contributed by atoms with Gasteiger partial charge in [0.1, 0.15) is 17.5 Å². The Morgan fingerprint density at radius 3 is 2.43 bits per heavy atom. The van der Waals surface area contributed by atoms with Crippen molar-refractivity contribution in [2.75, 3.05) is 49.2 Å². The molecule has 2 aromatic rings. The highest BCUT2D eigenvalue weighted by Crippen LogP contribution is 2.36. The number of piperazine rings is 1. The van der Waals surface area contributed by atoms with Gasteiger partial charge in [-0.05, 0) is 33.8 Å². The van der Waals surface area contributed by atoms with Crippen LogP contribution < -0.4 is 14.5 Å². The highest BCUT2D eigenvalue weighted by atomic mass is 32.2. The Labute approximate surface area is 215 Å². The van der Waals surface area contributed by atoms with E-state index in [0.717, 1.165) is 13.9 Å². The van der Waals surface area contributed by atoms with Gasteiger partial charge in [-0.15, -0.1) is 0 Å². The third kappa shape index (κ3) is 5.96. The molecule has 1 unspecified atom stereocenters. The molecule has 0 aromatic carbocycles. The average molecular weight is 547 g/mol. The van der Waals surface area contributed by atoms with Crippen molar-refractivity contribution in [1.82, 2.24) is 19.1 Å². The zero-order chi connectivity index (χ0) is 27.2. The fraction of sp³-hybridized carbons (Fsp3) is 0.652. The Kier molecular flexibility index (Phi) is 7.38. The molecule has 2 aromatic heterocycles. The first-order valence-electron chi connectivity index (χ1n) is 12.0. The summed E-state index contributed by atoms with van der Waals surface area (Å²) in [4.78, 5) is 7.62. The molecule has 0 radical (unpaired) electrons. The molecule has 4 rings (SSSR count). The summed E-state index contributed by atoms with van der Waals surface area (Å²) in [6, 6.07) is 2.51. The standard InChI is InChI=1S/C23H33F3N6O4S/c1-16-15-35-11-10-31(16)17-12-19(28-20(13-17)36-22(2,3)4)32-9-8-30(14-18(32)23(24,25)26)37(33,34)21-6-7-27-29(21)5/h6-7,12-13,16,18H,8-11,14-15H2,1-5H3/t16-,18?/m1/s1. The van der Waals surface area contributed by atoms with Crippen LogP contribution in [0.3, 0.4) is 0 Å². The molecular weight excluding hydrogens is 513 g/mol. The number of anilines is 2. The van der Waals surface area contributed by atoms with Crippen LogP contribution in [0, 0.1) is 0 Å². The summed E-state index contributed by atoms with van der Waals surface area (Å²) in [7, 11) is -2.74. The highest BCUT2D eigenvalue weighted by molar-refractivity contribution is 7.89. The van der Waals surface area contributed by atoms with Crippen LogP contribution in [0.25, 0.3) is 0 Å². The number of halogens is 3. The number of nitrogens with zero attached hydrogens (tertiary/aromatic N) is 6. The lowest BCUT2D eigenvalue weighted by molar-refractivity contribution is -0.153. The van der Waals surface area contributed by atoms with E-state index >= 15 is 0 Å². The molecule has 0 bridgehead atoms. The third-order valence-electron chi connectivity index (χ3n) is 6.28. The van der Waals surface area contributed by atoms with E-state index in [4.69, 9.17) is 9.47 Å². The zero-order valence-corrected chi connectivity index (χ0v) is 22.4. The molecule has 2 saturated heterocycles. The van der Waals surface area contributed by atoms with E-state index in [1.807, 2.05) is 27.7 Å². The molecule has 37 heavy (non-hydrogen) atoms. The predicted molar refractivity (Wildman–Crippen MR) is 131 cm³/mol. The number of hydrogen-bond donors (Lipinski definition) is 0. The molecule has 0 N–H and O–H groups in total. The minimum atomic E-state index is -4.71. The van der Waals surface area contributed by atoms with Crippen molar-refractivity contribution in [3.63, 3.8) is 0 Å². The zero-order valence-electron chi connectivity index (χ0n) is 21.6. The van der Waals surface area contributed by atoms with Crippen molar-refractivity contribution < 1.29 is 31.1 Å². The second-order valence-corrected chi connectivity index (χ2v) is 12.1. The number of morpholine rings is 1. The lowest BCUT2D eigenvalue weighted by atomic mass is 10.1. The Morgan fingerprint density at radius 1 is 1.11 bits per heavy atom. The van der Waals surface area contributed by atoms with Crippen molar-refractivity contribution in [3.05, 3.63) is 24.4 Å². The Balaban J connectivity index is 1.72. The summed E-state index contributed by atoms with van der Waals surface area (Å²) in [5.74, 6) is 0.278. The minimum Gasteiger partial charge on any atom is -0.472 e. The normalized spacial score (nSPS) is 22.4. The summed E-state index contributed by atoms with van der Waals surface area (Å²) in [5, 5.41) is 3.69. The number of alkyl halides is 3. The monoisotopic (exact) mass is 546 g/mol. The molecule has 2 aliphatic rings. The van der Waals surface area contributed by atoms with Gasteiger partial charge in [0.05, 0.1) is 19.4 Å². The first-order chi connectivity index (χ1) is 17.2. The maximum absolute atomic E-state index is 14.4. The van der Waals surface area contributed by atoms with Gasteiger partial charge in [-0.2, -0.15) is 27.6 Å². The molecule has 14 heteroatoms. The van der Waals surface area contributed by atoms with Gasteiger partial charge in [0.2, 0.25) is 5.88 Å². The first-order valence-corrected chi connectivity index (χ1v) is 13.5. The molecule has 0 amide bonds. The SMILES string of the molecule is C[C@@H]1COCCN1c1cc(OC(C)(C)C)nc(N2CCN(S(=O)(=O)c3ccnn3C)CC2C(F)(F)F)c1. The van der Waals surface area contributed by atoms with Gasteiger partial charge in [0.15, 0.2) is 5.03 Å². The molecule has 2 aliphatic heterocycles. The number of aryl methyl sites for hydroxylation is 1.